The van der Waals surface area contributed by atoms with Crippen molar-refractivity contribution in [2.75, 3.05) is 0 Å². The minimum Gasteiger partial charge on any atom is -0.353 e. The first kappa shape index (κ1) is 13.8. The van der Waals surface area contributed by atoms with Crippen molar-refractivity contribution in [1.29, 1.82) is 0 Å². The molecule has 2 fully saturated rings. The highest BCUT2D eigenvalue weighted by Crippen LogP contribution is 2.28. The van der Waals surface area contributed by atoms with Gasteiger partial charge in [0.1, 0.15) is 0 Å². The van der Waals surface area contributed by atoms with E-state index in [9.17, 15) is 4.79 Å². The number of amides is 1. The molecule has 0 spiro atoms. The van der Waals surface area contributed by atoms with Crippen molar-refractivity contribution in [2.24, 2.45) is 17.6 Å². The summed E-state index contributed by atoms with van der Waals surface area (Å²) in [5.41, 5.74) is 5.82. The van der Waals surface area contributed by atoms with Gasteiger partial charge in [0.25, 0.3) is 0 Å². The summed E-state index contributed by atoms with van der Waals surface area (Å²) in [6.07, 6.45) is 6.55. The number of carbonyl (C=O) groups excluding carboxylic acids is 1. The van der Waals surface area contributed by atoms with E-state index in [4.69, 9.17) is 5.73 Å². The molecule has 3 N–H and O–H groups in total. The maximum Gasteiger partial charge on any atom is 0.223 e. The molecule has 0 aliphatic heterocycles. The summed E-state index contributed by atoms with van der Waals surface area (Å²) in [6, 6.07) is 0.677. The highest BCUT2D eigenvalue weighted by atomic mass is 35.5. The minimum atomic E-state index is 0. The van der Waals surface area contributed by atoms with Gasteiger partial charge in [-0.15, -0.1) is 12.4 Å². The maximum absolute atomic E-state index is 11.9. The number of hydrogen-bond acceptors (Lipinski definition) is 2. The third-order valence-electron chi connectivity index (χ3n) is 4.03. The first-order valence-corrected chi connectivity index (χ1v) is 6.22. The Bertz CT molecular complexity index is 247. The van der Waals surface area contributed by atoms with Crippen molar-refractivity contribution < 1.29 is 4.79 Å². The molecule has 0 aromatic carbocycles. The normalized spacial score (nSPS) is 38.1. The zero-order chi connectivity index (χ0) is 10.8. The highest BCUT2D eigenvalue weighted by Gasteiger charge is 2.31. The zero-order valence-electron chi connectivity index (χ0n) is 9.95. The van der Waals surface area contributed by atoms with Gasteiger partial charge in [-0.05, 0) is 38.0 Å². The van der Waals surface area contributed by atoms with E-state index < -0.39 is 0 Å². The Kier molecular flexibility index (Phi) is 5.06. The largest absolute Gasteiger partial charge is 0.353 e. The van der Waals surface area contributed by atoms with E-state index in [1.165, 1.54) is 12.8 Å². The van der Waals surface area contributed by atoms with Gasteiger partial charge in [-0.1, -0.05) is 13.3 Å². The fourth-order valence-electron chi connectivity index (χ4n) is 2.91. The van der Waals surface area contributed by atoms with Gasteiger partial charge >= 0.3 is 0 Å². The number of nitrogens with two attached hydrogens (primary N) is 1. The molecule has 2 rings (SSSR count). The first-order valence-electron chi connectivity index (χ1n) is 6.22. The summed E-state index contributed by atoms with van der Waals surface area (Å²) >= 11 is 0. The highest BCUT2D eigenvalue weighted by molar-refractivity contribution is 5.85. The molecule has 1 amide bonds. The molecule has 0 aromatic rings. The van der Waals surface area contributed by atoms with Gasteiger partial charge in [0.05, 0.1) is 0 Å². The lowest BCUT2D eigenvalue weighted by atomic mass is 10.0. The average molecular weight is 247 g/mol. The molecular formula is C12H23ClN2O. The van der Waals surface area contributed by atoms with Gasteiger partial charge < -0.3 is 11.1 Å². The molecule has 0 heterocycles. The van der Waals surface area contributed by atoms with Crippen LogP contribution in [0.25, 0.3) is 0 Å². The lowest BCUT2D eigenvalue weighted by Crippen LogP contribution is -2.39. The molecule has 16 heavy (non-hydrogen) atoms. The molecular weight excluding hydrogens is 224 g/mol. The van der Waals surface area contributed by atoms with Crippen LogP contribution in [0.15, 0.2) is 0 Å². The van der Waals surface area contributed by atoms with Crippen molar-refractivity contribution in [2.45, 2.75) is 57.5 Å². The molecule has 2 saturated carbocycles. The van der Waals surface area contributed by atoms with Gasteiger partial charge in [-0.2, -0.15) is 0 Å². The second-order valence-electron chi connectivity index (χ2n) is 5.29. The molecule has 2 aliphatic rings. The van der Waals surface area contributed by atoms with Crippen LogP contribution in [0.2, 0.25) is 0 Å². The number of carbonyl (C=O) groups is 1. The molecule has 4 unspecified atom stereocenters. The van der Waals surface area contributed by atoms with E-state index in [1.807, 2.05) is 0 Å². The fourth-order valence-corrected chi connectivity index (χ4v) is 2.91. The van der Waals surface area contributed by atoms with Crippen molar-refractivity contribution in [3.63, 3.8) is 0 Å². The Morgan fingerprint density at radius 3 is 2.50 bits per heavy atom. The second kappa shape index (κ2) is 5.87. The Morgan fingerprint density at radius 1 is 1.25 bits per heavy atom. The smallest absolute Gasteiger partial charge is 0.223 e. The van der Waals surface area contributed by atoms with E-state index in [0.29, 0.717) is 12.0 Å². The predicted molar refractivity (Wildman–Crippen MR) is 67.5 cm³/mol. The Labute approximate surface area is 104 Å². The number of hydrogen-bond donors (Lipinski definition) is 2. The summed E-state index contributed by atoms with van der Waals surface area (Å²) in [5, 5.41) is 3.20. The van der Waals surface area contributed by atoms with Crippen LogP contribution in [-0.2, 0) is 4.79 Å². The predicted octanol–water partition coefficient (Wildman–Crippen LogP) is 1.84. The molecule has 4 atom stereocenters. The Morgan fingerprint density at radius 2 is 2.00 bits per heavy atom. The molecule has 4 heteroatoms. The van der Waals surface area contributed by atoms with Crippen molar-refractivity contribution in [3.8, 4) is 0 Å². The fraction of sp³-hybridized carbons (Fsp3) is 0.917. The Hall–Kier alpha value is -0.280. The number of rotatable bonds is 2. The van der Waals surface area contributed by atoms with Crippen molar-refractivity contribution in [3.05, 3.63) is 0 Å². The standard InChI is InChI=1S/C12H22N2O.ClH/c1-8-3-2-4-11(8)14-12(15)9-5-6-10(13)7-9;/h8-11H,2-7,13H2,1H3,(H,14,15);1H. The number of nitrogens with one attached hydrogen (secondary N) is 1. The topological polar surface area (TPSA) is 55.1 Å². The van der Waals surface area contributed by atoms with Gasteiger partial charge in [-0.3, -0.25) is 4.79 Å². The van der Waals surface area contributed by atoms with Gasteiger partial charge in [0.2, 0.25) is 5.91 Å². The van der Waals surface area contributed by atoms with E-state index in [2.05, 4.69) is 12.2 Å². The molecule has 0 saturated heterocycles. The Balaban J connectivity index is 0.00000128. The summed E-state index contributed by atoms with van der Waals surface area (Å²) < 4.78 is 0. The maximum atomic E-state index is 11.9. The van der Waals surface area contributed by atoms with Gasteiger partial charge in [-0.25, -0.2) is 0 Å². The summed E-state index contributed by atoms with van der Waals surface area (Å²) in [4.78, 5) is 11.9. The van der Waals surface area contributed by atoms with Crippen LogP contribution in [0.3, 0.4) is 0 Å². The van der Waals surface area contributed by atoms with Crippen LogP contribution in [0.1, 0.15) is 45.4 Å². The van der Waals surface area contributed by atoms with E-state index >= 15 is 0 Å². The lowest BCUT2D eigenvalue weighted by Gasteiger charge is -2.19. The SMILES string of the molecule is CC1CCCC1NC(=O)C1CCC(N)C1.Cl. The van der Waals surface area contributed by atoms with Gasteiger partial charge in [0.15, 0.2) is 0 Å². The van der Waals surface area contributed by atoms with E-state index in [1.54, 1.807) is 0 Å². The molecule has 2 aliphatic carbocycles. The van der Waals surface area contributed by atoms with Crippen molar-refractivity contribution >= 4 is 18.3 Å². The number of halogens is 1. The molecule has 0 radical (unpaired) electrons. The zero-order valence-corrected chi connectivity index (χ0v) is 10.8. The molecule has 0 bridgehead atoms. The molecule has 94 valence electrons. The van der Waals surface area contributed by atoms with Crippen LogP contribution < -0.4 is 11.1 Å². The van der Waals surface area contributed by atoms with E-state index in [-0.39, 0.29) is 30.3 Å². The van der Waals surface area contributed by atoms with Gasteiger partial charge in [0, 0.05) is 18.0 Å². The summed E-state index contributed by atoms with van der Waals surface area (Å²) in [5.74, 6) is 1.10. The van der Waals surface area contributed by atoms with Crippen LogP contribution >= 0.6 is 12.4 Å². The third kappa shape index (κ3) is 3.11. The minimum absolute atomic E-state index is 0. The second-order valence-corrected chi connectivity index (χ2v) is 5.29. The van der Waals surface area contributed by atoms with E-state index in [0.717, 1.165) is 25.7 Å². The quantitative estimate of drug-likeness (QED) is 0.781. The molecule has 3 nitrogen and oxygen atoms in total. The summed E-state index contributed by atoms with van der Waals surface area (Å²) in [6.45, 7) is 2.23. The monoisotopic (exact) mass is 246 g/mol. The molecule has 0 aromatic heterocycles. The van der Waals surface area contributed by atoms with Crippen molar-refractivity contribution in [1.82, 2.24) is 5.32 Å². The van der Waals surface area contributed by atoms with Crippen LogP contribution in [0.5, 0.6) is 0 Å². The first-order chi connectivity index (χ1) is 7.16. The lowest BCUT2D eigenvalue weighted by molar-refractivity contribution is -0.125. The van der Waals surface area contributed by atoms with Crippen LogP contribution in [0, 0.1) is 11.8 Å². The summed E-state index contributed by atoms with van der Waals surface area (Å²) in [7, 11) is 0. The average Bonchev–Trinajstić information content (AvgIpc) is 2.77. The third-order valence-corrected chi connectivity index (χ3v) is 4.03. The van der Waals surface area contributed by atoms with Crippen LogP contribution in [-0.4, -0.2) is 18.0 Å². The van der Waals surface area contributed by atoms with Crippen LogP contribution in [0.4, 0.5) is 0 Å².